The summed E-state index contributed by atoms with van der Waals surface area (Å²) in [5.74, 6) is 0.355. The van der Waals surface area contributed by atoms with Gasteiger partial charge in [0.25, 0.3) is 0 Å². The van der Waals surface area contributed by atoms with Gasteiger partial charge in [-0.05, 0) is 54.5 Å². The van der Waals surface area contributed by atoms with Crippen LogP contribution in [-0.2, 0) is 4.79 Å². The lowest BCUT2D eigenvalue weighted by atomic mass is 9.92. The summed E-state index contributed by atoms with van der Waals surface area (Å²) in [5.41, 5.74) is 3.10. The first-order valence-electron chi connectivity index (χ1n) is 11.4. The van der Waals surface area contributed by atoms with Gasteiger partial charge in [-0.15, -0.1) is 0 Å². The number of rotatable bonds is 9. The molecule has 0 spiro atoms. The quantitative estimate of drug-likeness (QED) is 0.415. The number of aliphatic carboxylic acids is 1. The van der Waals surface area contributed by atoms with Gasteiger partial charge < -0.3 is 15.3 Å². The van der Waals surface area contributed by atoms with Gasteiger partial charge in [-0.2, -0.15) is 0 Å². The maximum Gasteiger partial charge on any atom is 0.303 e. The van der Waals surface area contributed by atoms with Crippen LogP contribution in [0.2, 0.25) is 5.15 Å². The first-order chi connectivity index (χ1) is 14.8. The van der Waals surface area contributed by atoms with Gasteiger partial charge in [0, 0.05) is 12.6 Å². The van der Waals surface area contributed by atoms with E-state index in [9.17, 15) is 9.90 Å². The predicted molar refractivity (Wildman–Crippen MR) is 129 cm³/mol. The standard InChI is InChI=1S/C25H34ClN3O2/c1-17(2)16-29(20-8-5-4-6-9-20)22-13-12-19(18(3)14-25(30)31)15-21(22)27-24-11-7-10-23(26)28-24/h7,10-13,15,17-18,20H,4-6,8-9,14,16H2,1-3H3,(H,27,28)(H,30,31). The Morgan fingerprint density at radius 3 is 2.58 bits per heavy atom. The van der Waals surface area contributed by atoms with Crippen molar-refractivity contribution in [2.45, 2.75) is 71.3 Å². The van der Waals surface area contributed by atoms with Crippen LogP contribution in [0.1, 0.15) is 70.8 Å². The topological polar surface area (TPSA) is 65.5 Å². The Balaban J connectivity index is 2.01. The molecule has 0 amide bonds. The molecule has 6 heteroatoms. The fourth-order valence-electron chi connectivity index (χ4n) is 4.44. The van der Waals surface area contributed by atoms with Crippen LogP contribution in [0, 0.1) is 5.92 Å². The molecule has 0 aliphatic heterocycles. The SMILES string of the molecule is CC(C)CN(c1ccc(C(C)CC(=O)O)cc1Nc1cccc(Cl)n1)C1CCCCC1. The Kier molecular flexibility index (Phi) is 8.19. The molecule has 1 saturated carbocycles. The minimum atomic E-state index is -0.786. The molecule has 1 unspecified atom stereocenters. The third-order valence-electron chi connectivity index (χ3n) is 5.94. The number of aromatic nitrogens is 1. The lowest BCUT2D eigenvalue weighted by Gasteiger charge is -2.38. The van der Waals surface area contributed by atoms with Crippen molar-refractivity contribution in [3.8, 4) is 0 Å². The van der Waals surface area contributed by atoms with Crippen molar-refractivity contribution in [1.29, 1.82) is 0 Å². The maximum atomic E-state index is 11.3. The van der Waals surface area contributed by atoms with Crippen LogP contribution in [0.25, 0.3) is 0 Å². The molecule has 0 saturated heterocycles. The molecule has 1 fully saturated rings. The summed E-state index contributed by atoms with van der Waals surface area (Å²) < 4.78 is 0. The second-order valence-corrected chi connectivity index (χ2v) is 9.47. The third kappa shape index (κ3) is 6.60. The average molecular weight is 444 g/mol. The van der Waals surface area contributed by atoms with E-state index < -0.39 is 5.97 Å². The molecular weight excluding hydrogens is 410 g/mol. The smallest absolute Gasteiger partial charge is 0.303 e. The van der Waals surface area contributed by atoms with Crippen molar-refractivity contribution in [2.75, 3.05) is 16.8 Å². The van der Waals surface area contributed by atoms with Crippen LogP contribution in [0.3, 0.4) is 0 Å². The van der Waals surface area contributed by atoms with Gasteiger partial charge in [0.15, 0.2) is 0 Å². The van der Waals surface area contributed by atoms with E-state index in [1.54, 1.807) is 6.07 Å². The van der Waals surface area contributed by atoms with Crippen LogP contribution in [-0.4, -0.2) is 28.6 Å². The van der Waals surface area contributed by atoms with Gasteiger partial charge in [0.1, 0.15) is 11.0 Å². The molecule has 1 aliphatic carbocycles. The van der Waals surface area contributed by atoms with Crippen LogP contribution < -0.4 is 10.2 Å². The fraction of sp³-hybridized carbons (Fsp3) is 0.520. The van der Waals surface area contributed by atoms with Gasteiger partial charge in [-0.25, -0.2) is 4.98 Å². The fourth-order valence-corrected chi connectivity index (χ4v) is 4.60. The van der Waals surface area contributed by atoms with Gasteiger partial charge >= 0.3 is 5.97 Å². The lowest BCUT2D eigenvalue weighted by Crippen LogP contribution is -2.39. The highest BCUT2D eigenvalue weighted by atomic mass is 35.5. The van der Waals surface area contributed by atoms with Gasteiger partial charge in [-0.3, -0.25) is 4.79 Å². The zero-order valence-electron chi connectivity index (χ0n) is 18.8. The minimum absolute atomic E-state index is 0.0763. The average Bonchev–Trinajstić information content (AvgIpc) is 2.72. The van der Waals surface area contributed by atoms with Gasteiger partial charge in [0.05, 0.1) is 17.8 Å². The Hall–Kier alpha value is -2.27. The van der Waals surface area contributed by atoms with Crippen molar-refractivity contribution in [3.63, 3.8) is 0 Å². The second kappa shape index (κ2) is 10.9. The van der Waals surface area contributed by atoms with E-state index in [2.05, 4.69) is 47.2 Å². The maximum absolute atomic E-state index is 11.3. The molecule has 1 aromatic heterocycles. The van der Waals surface area contributed by atoms with Crippen LogP contribution in [0.5, 0.6) is 0 Å². The Labute approximate surface area is 190 Å². The van der Waals surface area contributed by atoms with E-state index >= 15 is 0 Å². The number of carboxylic acid groups (broad SMARTS) is 1. The second-order valence-electron chi connectivity index (χ2n) is 9.08. The highest BCUT2D eigenvalue weighted by molar-refractivity contribution is 6.29. The number of carbonyl (C=O) groups is 1. The van der Waals surface area contributed by atoms with Gasteiger partial charge in [-0.1, -0.05) is 63.8 Å². The number of nitrogens with one attached hydrogen (secondary N) is 1. The van der Waals surface area contributed by atoms with Crippen molar-refractivity contribution in [2.24, 2.45) is 5.92 Å². The number of benzene rings is 1. The Morgan fingerprint density at radius 1 is 1.19 bits per heavy atom. The molecule has 1 aromatic carbocycles. The zero-order chi connectivity index (χ0) is 22.4. The first kappa shape index (κ1) is 23.4. The number of hydrogen-bond acceptors (Lipinski definition) is 4. The molecule has 168 valence electrons. The molecule has 2 N–H and O–H groups in total. The summed E-state index contributed by atoms with van der Waals surface area (Å²) in [6.07, 6.45) is 6.37. The van der Waals surface area contributed by atoms with Crippen LogP contribution in [0.15, 0.2) is 36.4 Å². The molecular formula is C25H34ClN3O2. The summed E-state index contributed by atoms with van der Waals surface area (Å²) in [4.78, 5) is 18.2. The van der Waals surface area contributed by atoms with Crippen molar-refractivity contribution < 1.29 is 9.90 Å². The van der Waals surface area contributed by atoms with E-state index in [1.165, 1.54) is 32.1 Å². The molecule has 1 atom stereocenters. The molecule has 0 bridgehead atoms. The van der Waals surface area contributed by atoms with E-state index in [0.29, 0.717) is 22.9 Å². The van der Waals surface area contributed by atoms with E-state index in [4.69, 9.17) is 11.6 Å². The lowest BCUT2D eigenvalue weighted by molar-refractivity contribution is -0.137. The first-order valence-corrected chi connectivity index (χ1v) is 11.7. The highest BCUT2D eigenvalue weighted by Crippen LogP contribution is 2.37. The molecule has 31 heavy (non-hydrogen) atoms. The zero-order valence-corrected chi connectivity index (χ0v) is 19.5. The number of nitrogens with zero attached hydrogens (tertiary/aromatic N) is 2. The Bertz CT molecular complexity index is 881. The minimum Gasteiger partial charge on any atom is -0.481 e. The number of pyridine rings is 1. The van der Waals surface area contributed by atoms with Crippen LogP contribution >= 0.6 is 11.6 Å². The monoisotopic (exact) mass is 443 g/mol. The van der Waals surface area contributed by atoms with E-state index in [0.717, 1.165) is 23.5 Å². The Morgan fingerprint density at radius 2 is 1.94 bits per heavy atom. The number of anilines is 3. The highest BCUT2D eigenvalue weighted by Gasteiger charge is 2.25. The van der Waals surface area contributed by atoms with E-state index in [1.807, 2.05) is 19.1 Å². The van der Waals surface area contributed by atoms with Crippen molar-refractivity contribution >= 4 is 34.8 Å². The molecule has 0 radical (unpaired) electrons. The third-order valence-corrected chi connectivity index (χ3v) is 6.15. The van der Waals surface area contributed by atoms with Crippen LogP contribution in [0.4, 0.5) is 17.2 Å². The molecule has 1 heterocycles. The molecule has 5 nitrogen and oxygen atoms in total. The molecule has 1 aliphatic rings. The van der Waals surface area contributed by atoms with Gasteiger partial charge in [0.2, 0.25) is 0 Å². The summed E-state index contributed by atoms with van der Waals surface area (Å²) in [6, 6.07) is 12.4. The molecule has 3 rings (SSSR count). The molecule has 2 aromatic rings. The summed E-state index contributed by atoms with van der Waals surface area (Å²) in [6.45, 7) is 7.44. The normalized spacial score (nSPS) is 15.6. The summed E-state index contributed by atoms with van der Waals surface area (Å²) in [5, 5.41) is 13.2. The summed E-state index contributed by atoms with van der Waals surface area (Å²) in [7, 11) is 0. The number of hydrogen-bond donors (Lipinski definition) is 2. The summed E-state index contributed by atoms with van der Waals surface area (Å²) >= 11 is 6.12. The predicted octanol–water partition coefficient (Wildman–Crippen LogP) is 6.85. The van der Waals surface area contributed by atoms with Crippen molar-refractivity contribution in [1.82, 2.24) is 4.98 Å². The van der Waals surface area contributed by atoms with Crippen molar-refractivity contribution in [3.05, 3.63) is 47.1 Å². The number of carboxylic acids is 1. The van der Waals surface area contributed by atoms with E-state index in [-0.39, 0.29) is 12.3 Å². The largest absolute Gasteiger partial charge is 0.481 e. The number of halogens is 1.